The van der Waals surface area contributed by atoms with Gasteiger partial charge in [-0.3, -0.25) is 10.7 Å². The molecule has 0 fully saturated rings. The van der Waals surface area contributed by atoms with E-state index in [4.69, 9.17) is 5.41 Å². The van der Waals surface area contributed by atoms with Gasteiger partial charge in [0.2, 0.25) is 0 Å². The van der Waals surface area contributed by atoms with Crippen molar-refractivity contribution in [2.45, 2.75) is 12.6 Å². The van der Waals surface area contributed by atoms with Crippen molar-refractivity contribution >= 4 is 22.8 Å². The summed E-state index contributed by atoms with van der Waals surface area (Å²) < 4.78 is 0. The molecule has 0 bridgehead atoms. The molecule has 6 heteroatoms. The molecule has 0 heterocycles. The first-order valence-corrected chi connectivity index (χ1v) is 8.70. The molecule has 0 saturated carbocycles. The van der Waals surface area contributed by atoms with Crippen LogP contribution in [0.3, 0.4) is 0 Å². The molecule has 27 heavy (non-hydrogen) atoms. The molecule has 5 N–H and O–H groups in total. The van der Waals surface area contributed by atoms with E-state index < -0.39 is 12.1 Å². The van der Waals surface area contributed by atoms with Crippen LogP contribution in [0.2, 0.25) is 0 Å². The number of aliphatic hydroxyl groups is 1. The van der Waals surface area contributed by atoms with E-state index in [0.717, 1.165) is 21.9 Å². The number of hydrogen-bond donors (Lipinski definition) is 5. The van der Waals surface area contributed by atoms with Gasteiger partial charge in [0.1, 0.15) is 0 Å². The number of guanidine groups is 1. The third-order valence-corrected chi connectivity index (χ3v) is 4.26. The monoisotopic (exact) mass is 362 g/mol. The van der Waals surface area contributed by atoms with Crippen molar-refractivity contribution in [1.82, 2.24) is 16.0 Å². The Labute approximate surface area is 157 Å². The van der Waals surface area contributed by atoms with Crippen LogP contribution in [0.1, 0.15) is 17.2 Å². The first kappa shape index (κ1) is 18.4. The minimum absolute atomic E-state index is 0.106. The van der Waals surface area contributed by atoms with Crippen molar-refractivity contribution in [3.63, 3.8) is 0 Å². The molecule has 1 atom stereocenters. The van der Waals surface area contributed by atoms with E-state index in [0.29, 0.717) is 6.54 Å². The van der Waals surface area contributed by atoms with E-state index in [1.807, 2.05) is 72.8 Å². The highest BCUT2D eigenvalue weighted by Gasteiger charge is 2.14. The fraction of sp³-hybridized carbons (Fsp3) is 0.143. The van der Waals surface area contributed by atoms with Gasteiger partial charge >= 0.3 is 6.03 Å². The number of amides is 2. The number of urea groups is 1. The highest BCUT2D eigenvalue weighted by atomic mass is 16.3. The lowest BCUT2D eigenvalue weighted by molar-refractivity contribution is 0.220. The molecule has 0 aliphatic carbocycles. The van der Waals surface area contributed by atoms with Crippen molar-refractivity contribution in [3.05, 3.63) is 83.9 Å². The molecule has 2 amide bonds. The van der Waals surface area contributed by atoms with E-state index >= 15 is 0 Å². The van der Waals surface area contributed by atoms with Crippen LogP contribution < -0.4 is 16.0 Å². The van der Waals surface area contributed by atoms with Crippen LogP contribution >= 0.6 is 0 Å². The summed E-state index contributed by atoms with van der Waals surface area (Å²) in [6.07, 6.45) is 0. The van der Waals surface area contributed by atoms with Crippen molar-refractivity contribution in [2.24, 2.45) is 0 Å². The Morgan fingerprint density at radius 1 is 0.963 bits per heavy atom. The molecule has 0 aromatic heterocycles. The highest BCUT2D eigenvalue weighted by Crippen LogP contribution is 2.18. The molecule has 0 saturated heterocycles. The molecular weight excluding hydrogens is 340 g/mol. The number of aliphatic hydroxyl groups excluding tert-OH is 1. The number of nitrogens with one attached hydrogen (secondary N) is 4. The first-order chi connectivity index (χ1) is 13.2. The van der Waals surface area contributed by atoms with Gasteiger partial charge in [0, 0.05) is 6.54 Å². The Balaban J connectivity index is 1.55. The van der Waals surface area contributed by atoms with Gasteiger partial charge in [-0.1, -0.05) is 72.8 Å². The van der Waals surface area contributed by atoms with Gasteiger partial charge in [0.05, 0.1) is 12.6 Å². The van der Waals surface area contributed by atoms with Gasteiger partial charge in [0.25, 0.3) is 0 Å². The molecule has 6 nitrogen and oxygen atoms in total. The molecule has 3 aromatic rings. The topological polar surface area (TPSA) is 97.2 Å². The smallest absolute Gasteiger partial charge is 0.322 e. The number of hydrogen-bond acceptors (Lipinski definition) is 3. The largest absolute Gasteiger partial charge is 0.394 e. The summed E-state index contributed by atoms with van der Waals surface area (Å²) in [6.45, 7) is 0.191. The maximum atomic E-state index is 12.1. The van der Waals surface area contributed by atoms with Gasteiger partial charge in [-0.05, 0) is 21.9 Å². The zero-order chi connectivity index (χ0) is 19.1. The van der Waals surface area contributed by atoms with Crippen molar-refractivity contribution in [2.75, 3.05) is 6.61 Å². The average Bonchev–Trinajstić information content (AvgIpc) is 2.71. The molecule has 0 radical (unpaired) electrons. The molecule has 0 aliphatic heterocycles. The van der Waals surface area contributed by atoms with E-state index in [9.17, 15) is 9.90 Å². The van der Waals surface area contributed by atoms with Crippen LogP contribution in [0.5, 0.6) is 0 Å². The quantitative estimate of drug-likeness (QED) is 0.357. The van der Waals surface area contributed by atoms with E-state index in [1.54, 1.807) is 0 Å². The van der Waals surface area contributed by atoms with Crippen LogP contribution in [0.25, 0.3) is 10.8 Å². The van der Waals surface area contributed by atoms with Gasteiger partial charge in [0.15, 0.2) is 5.96 Å². The molecule has 0 unspecified atom stereocenters. The summed E-state index contributed by atoms with van der Waals surface area (Å²) in [5.41, 5.74) is 1.84. The van der Waals surface area contributed by atoms with Crippen LogP contribution in [0.15, 0.2) is 72.8 Å². The second kappa shape index (κ2) is 8.82. The van der Waals surface area contributed by atoms with Crippen LogP contribution in [-0.2, 0) is 6.54 Å². The van der Waals surface area contributed by atoms with Gasteiger partial charge in [-0.25, -0.2) is 4.79 Å². The summed E-state index contributed by atoms with van der Waals surface area (Å²) in [5.74, 6) is -0.106. The second-order valence-corrected chi connectivity index (χ2v) is 6.11. The lowest BCUT2D eigenvalue weighted by Crippen LogP contribution is -2.46. The van der Waals surface area contributed by atoms with Gasteiger partial charge in [-0.2, -0.15) is 0 Å². The summed E-state index contributed by atoms with van der Waals surface area (Å²) in [7, 11) is 0. The number of fused-ring (bicyclic) bond motifs is 1. The minimum atomic E-state index is -0.548. The minimum Gasteiger partial charge on any atom is -0.394 e. The standard InChI is InChI=1S/C21H22N4O2/c22-20(23-13-17-11-6-10-15-7-4-5-12-18(15)17)25-21(27)24-19(14-26)16-8-2-1-3-9-16/h1-12,19,26H,13-14H2,(H4,22,23,24,25,27)/t19-/m1/s1. The van der Waals surface area contributed by atoms with Crippen molar-refractivity contribution in [1.29, 1.82) is 5.41 Å². The summed E-state index contributed by atoms with van der Waals surface area (Å²) >= 11 is 0. The van der Waals surface area contributed by atoms with Crippen LogP contribution in [0.4, 0.5) is 4.79 Å². The first-order valence-electron chi connectivity index (χ1n) is 8.70. The maximum absolute atomic E-state index is 12.1. The number of rotatable bonds is 5. The van der Waals surface area contributed by atoms with Gasteiger partial charge in [-0.15, -0.1) is 0 Å². The predicted molar refractivity (Wildman–Crippen MR) is 106 cm³/mol. The molecule has 0 spiro atoms. The third kappa shape index (κ3) is 4.83. The zero-order valence-corrected chi connectivity index (χ0v) is 14.8. The summed E-state index contributed by atoms with van der Waals surface area (Å²) in [6, 6.07) is 22.1. The van der Waals surface area contributed by atoms with Gasteiger partial charge < -0.3 is 15.7 Å². The molecule has 0 aliphatic rings. The SMILES string of the molecule is N=C(NCc1cccc2ccccc12)NC(=O)N[C@H](CO)c1ccccc1. The Hall–Kier alpha value is -3.38. The van der Waals surface area contributed by atoms with E-state index in [-0.39, 0.29) is 12.6 Å². The molecule has 3 rings (SSSR count). The summed E-state index contributed by atoms with van der Waals surface area (Å²) in [4.78, 5) is 12.1. The molecule has 138 valence electrons. The lowest BCUT2D eigenvalue weighted by Gasteiger charge is -2.18. The Morgan fingerprint density at radius 2 is 1.67 bits per heavy atom. The fourth-order valence-corrected chi connectivity index (χ4v) is 2.90. The third-order valence-electron chi connectivity index (χ3n) is 4.26. The Bertz CT molecular complexity index is 922. The lowest BCUT2D eigenvalue weighted by atomic mass is 10.0. The van der Waals surface area contributed by atoms with E-state index in [2.05, 4.69) is 16.0 Å². The van der Waals surface area contributed by atoms with Crippen LogP contribution in [-0.4, -0.2) is 23.7 Å². The molecular formula is C21H22N4O2. The zero-order valence-electron chi connectivity index (χ0n) is 14.8. The van der Waals surface area contributed by atoms with Crippen LogP contribution in [0, 0.1) is 5.41 Å². The number of carbonyl (C=O) groups excluding carboxylic acids is 1. The maximum Gasteiger partial charge on any atom is 0.322 e. The normalized spacial score (nSPS) is 11.6. The fourth-order valence-electron chi connectivity index (χ4n) is 2.90. The highest BCUT2D eigenvalue weighted by molar-refractivity contribution is 5.95. The predicted octanol–water partition coefficient (Wildman–Crippen LogP) is 2.90. The average molecular weight is 362 g/mol. The Morgan fingerprint density at radius 3 is 2.44 bits per heavy atom. The summed E-state index contributed by atoms with van der Waals surface area (Å²) in [5, 5.41) is 27.7. The second-order valence-electron chi connectivity index (χ2n) is 6.11. The van der Waals surface area contributed by atoms with Crippen molar-refractivity contribution < 1.29 is 9.90 Å². The number of benzene rings is 3. The molecule has 3 aromatic carbocycles. The van der Waals surface area contributed by atoms with E-state index in [1.165, 1.54) is 0 Å². The van der Waals surface area contributed by atoms with Crippen molar-refractivity contribution in [3.8, 4) is 0 Å². The number of carbonyl (C=O) groups is 1. The Kier molecular flexibility index (Phi) is 6.02.